The number of terminal acetylenes is 1. The predicted molar refractivity (Wildman–Crippen MR) is 193 cm³/mol. The summed E-state index contributed by atoms with van der Waals surface area (Å²) in [5.74, 6) is 2.70. The Morgan fingerprint density at radius 3 is 1.58 bits per heavy atom. The molecule has 5 aromatic rings. The van der Waals surface area contributed by atoms with E-state index in [4.69, 9.17) is 6.42 Å². The molecule has 1 unspecified atom stereocenters. The maximum atomic E-state index is 5.69. The van der Waals surface area contributed by atoms with Gasteiger partial charge in [-0.25, -0.2) is 0 Å². The Kier molecular flexibility index (Phi) is 9.20. The van der Waals surface area contributed by atoms with Crippen LogP contribution in [0, 0.1) is 12.3 Å². The fraction of sp³-hybridized carbons (Fsp3) is 0.0698. The minimum atomic E-state index is 0.289. The highest BCUT2D eigenvalue weighted by atomic mass is 15.2. The molecule has 6 rings (SSSR count). The van der Waals surface area contributed by atoms with E-state index < -0.39 is 0 Å². The summed E-state index contributed by atoms with van der Waals surface area (Å²) >= 11 is 0. The van der Waals surface area contributed by atoms with Crippen LogP contribution in [0.3, 0.4) is 0 Å². The highest BCUT2D eigenvalue weighted by Crippen LogP contribution is 2.35. The lowest BCUT2D eigenvalue weighted by Gasteiger charge is -2.32. The Morgan fingerprint density at radius 2 is 1.09 bits per heavy atom. The van der Waals surface area contributed by atoms with Gasteiger partial charge >= 0.3 is 0 Å². The minimum Gasteiger partial charge on any atom is -0.334 e. The van der Waals surface area contributed by atoms with E-state index in [1.165, 1.54) is 28.1 Å². The smallest absolute Gasteiger partial charge is 0.0559 e. The van der Waals surface area contributed by atoms with Crippen LogP contribution >= 0.6 is 0 Å². The normalized spacial score (nSPS) is 14.3. The summed E-state index contributed by atoms with van der Waals surface area (Å²) in [6.07, 6.45) is 21.3. The van der Waals surface area contributed by atoms with Crippen molar-refractivity contribution in [1.29, 1.82) is 0 Å². The van der Waals surface area contributed by atoms with Gasteiger partial charge in [-0.05, 0) is 90.2 Å². The van der Waals surface area contributed by atoms with Crippen molar-refractivity contribution in [2.24, 2.45) is 0 Å². The van der Waals surface area contributed by atoms with Gasteiger partial charge in [0.25, 0.3) is 0 Å². The fourth-order valence-electron chi connectivity index (χ4n) is 5.82. The number of rotatable bonds is 9. The highest BCUT2D eigenvalue weighted by molar-refractivity contribution is 5.76. The molecule has 0 N–H and O–H groups in total. The summed E-state index contributed by atoms with van der Waals surface area (Å²) in [6, 6.07) is 47.6. The molecule has 1 aliphatic carbocycles. The van der Waals surface area contributed by atoms with E-state index >= 15 is 0 Å². The molecule has 0 amide bonds. The highest BCUT2D eigenvalue weighted by Gasteiger charge is 2.19. The molecule has 0 spiro atoms. The van der Waals surface area contributed by atoms with Gasteiger partial charge in [0.1, 0.15) is 0 Å². The lowest BCUT2D eigenvalue weighted by molar-refractivity contribution is 0.785. The molecule has 1 aliphatic rings. The van der Waals surface area contributed by atoms with Gasteiger partial charge in [-0.2, -0.15) is 0 Å². The van der Waals surface area contributed by atoms with Crippen LogP contribution in [0.25, 0.3) is 22.3 Å². The quantitative estimate of drug-likeness (QED) is 0.126. The van der Waals surface area contributed by atoms with Gasteiger partial charge in [0, 0.05) is 28.8 Å². The van der Waals surface area contributed by atoms with E-state index in [0.717, 1.165) is 29.1 Å². The first-order valence-corrected chi connectivity index (χ1v) is 15.4. The molecule has 0 fully saturated rings. The Balaban J connectivity index is 1.23. The van der Waals surface area contributed by atoms with Gasteiger partial charge in [-0.15, -0.1) is 6.42 Å². The molecular formula is C43H36N2. The summed E-state index contributed by atoms with van der Waals surface area (Å²) < 4.78 is 0. The summed E-state index contributed by atoms with van der Waals surface area (Å²) in [4.78, 5) is 4.59. The van der Waals surface area contributed by atoms with Crippen molar-refractivity contribution in [3.63, 3.8) is 0 Å². The number of allylic oxidation sites excluding steroid dienone is 5. The molecule has 2 heteroatoms. The molecule has 0 bridgehead atoms. The van der Waals surface area contributed by atoms with E-state index in [9.17, 15) is 0 Å². The molecule has 0 aromatic heterocycles. The Labute approximate surface area is 267 Å². The molecule has 0 heterocycles. The summed E-state index contributed by atoms with van der Waals surface area (Å²) in [5.41, 5.74) is 10.2. The zero-order chi connectivity index (χ0) is 30.8. The number of benzene rings is 5. The maximum absolute atomic E-state index is 5.69. The molecule has 0 saturated carbocycles. The third-order valence-corrected chi connectivity index (χ3v) is 7.99. The van der Waals surface area contributed by atoms with Crippen molar-refractivity contribution in [3.8, 4) is 34.6 Å². The van der Waals surface area contributed by atoms with Crippen molar-refractivity contribution in [3.05, 3.63) is 182 Å². The van der Waals surface area contributed by atoms with Gasteiger partial charge in [-0.1, -0.05) is 121 Å². The van der Waals surface area contributed by atoms with E-state index in [2.05, 4.69) is 155 Å². The van der Waals surface area contributed by atoms with E-state index in [0.29, 0.717) is 0 Å². The SMILES string of the molecule is C#C/C=C(\C=C/C)N(c1ccccc1)c1ccc(-c2ccc(-c3ccc(N(c4ccccc4)C4C=CC=CC4)cc3)cc2)cc1. The van der Waals surface area contributed by atoms with Crippen LogP contribution in [0.15, 0.2) is 182 Å². The molecule has 2 nitrogen and oxygen atoms in total. The van der Waals surface area contributed by atoms with Gasteiger partial charge in [-0.3, -0.25) is 0 Å². The van der Waals surface area contributed by atoms with Crippen molar-refractivity contribution in [2.75, 3.05) is 9.80 Å². The molecule has 0 aliphatic heterocycles. The average Bonchev–Trinajstić information content (AvgIpc) is 3.11. The average molecular weight is 581 g/mol. The van der Waals surface area contributed by atoms with Crippen LogP contribution in [0.1, 0.15) is 13.3 Å². The van der Waals surface area contributed by atoms with Crippen LogP contribution in [0.5, 0.6) is 0 Å². The molecule has 5 aromatic carbocycles. The van der Waals surface area contributed by atoms with Gasteiger partial charge < -0.3 is 9.80 Å². The molecule has 0 radical (unpaired) electrons. The number of nitrogens with zero attached hydrogens (tertiary/aromatic N) is 2. The largest absolute Gasteiger partial charge is 0.334 e. The predicted octanol–water partition coefficient (Wildman–Crippen LogP) is 11.3. The third-order valence-electron chi connectivity index (χ3n) is 7.99. The van der Waals surface area contributed by atoms with Crippen LogP contribution in [0.4, 0.5) is 22.7 Å². The minimum absolute atomic E-state index is 0.289. The Morgan fingerprint density at radius 1 is 0.622 bits per heavy atom. The second kappa shape index (κ2) is 14.1. The molecule has 0 saturated heterocycles. The number of hydrogen-bond donors (Lipinski definition) is 0. The van der Waals surface area contributed by atoms with E-state index in [-0.39, 0.29) is 6.04 Å². The van der Waals surface area contributed by atoms with Crippen LogP contribution in [-0.2, 0) is 0 Å². The third kappa shape index (κ3) is 6.74. The first kappa shape index (κ1) is 29.3. The van der Waals surface area contributed by atoms with Gasteiger partial charge in [0.15, 0.2) is 0 Å². The molecular weight excluding hydrogens is 544 g/mol. The second-order valence-electron chi connectivity index (χ2n) is 10.9. The topological polar surface area (TPSA) is 6.48 Å². The lowest BCUT2D eigenvalue weighted by atomic mass is 9.99. The summed E-state index contributed by atoms with van der Waals surface area (Å²) in [5, 5.41) is 0. The maximum Gasteiger partial charge on any atom is 0.0559 e. The van der Waals surface area contributed by atoms with Gasteiger partial charge in [0.2, 0.25) is 0 Å². The second-order valence-corrected chi connectivity index (χ2v) is 10.9. The van der Waals surface area contributed by atoms with Crippen LogP contribution in [0.2, 0.25) is 0 Å². The van der Waals surface area contributed by atoms with Crippen molar-refractivity contribution in [1.82, 2.24) is 0 Å². The van der Waals surface area contributed by atoms with Crippen LogP contribution in [-0.4, -0.2) is 6.04 Å². The lowest BCUT2D eigenvalue weighted by Crippen LogP contribution is -2.29. The van der Waals surface area contributed by atoms with Crippen molar-refractivity contribution >= 4 is 22.7 Å². The number of para-hydroxylation sites is 2. The molecule has 218 valence electrons. The van der Waals surface area contributed by atoms with Crippen molar-refractivity contribution < 1.29 is 0 Å². The summed E-state index contributed by atoms with van der Waals surface area (Å²) in [7, 11) is 0. The zero-order valence-electron chi connectivity index (χ0n) is 25.5. The molecule has 1 atom stereocenters. The zero-order valence-corrected chi connectivity index (χ0v) is 25.5. The Bertz CT molecular complexity index is 1850. The first-order valence-electron chi connectivity index (χ1n) is 15.4. The van der Waals surface area contributed by atoms with E-state index in [1.54, 1.807) is 6.08 Å². The standard InChI is InChI=1S/C43H36N2/c1-3-14-38(15-4-2)44(39-16-8-5-9-17-39)42-30-26-36(27-31-42)34-22-24-35(25-23-34)37-28-32-43(33-29-37)45(40-18-10-6-11-19-40)41-20-12-7-13-21-41/h1,4-20,22-33,41H,21H2,2H3/b15-4-,38-14+. The number of hydrogen-bond acceptors (Lipinski definition) is 2. The molecule has 45 heavy (non-hydrogen) atoms. The van der Waals surface area contributed by atoms with Gasteiger partial charge in [0.05, 0.1) is 11.7 Å². The first-order chi connectivity index (χ1) is 22.2. The van der Waals surface area contributed by atoms with Crippen LogP contribution < -0.4 is 9.80 Å². The van der Waals surface area contributed by atoms with E-state index in [1.807, 2.05) is 37.3 Å². The van der Waals surface area contributed by atoms with Crippen molar-refractivity contribution in [2.45, 2.75) is 19.4 Å². The fourth-order valence-corrected chi connectivity index (χ4v) is 5.82. The monoisotopic (exact) mass is 580 g/mol. The number of anilines is 4. The Hall–Kier alpha value is -5.78. The summed E-state index contributed by atoms with van der Waals surface area (Å²) in [6.45, 7) is 2.00.